The summed E-state index contributed by atoms with van der Waals surface area (Å²) in [4.78, 5) is 5.01. The van der Waals surface area contributed by atoms with Crippen LogP contribution in [0.2, 0.25) is 0 Å². The summed E-state index contributed by atoms with van der Waals surface area (Å²) in [5.41, 5.74) is 21.7. The monoisotopic (exact) mass is 568 g/mol. The fourth-order valence-corrected chi connectivity index (χ4v) is 8.67. The second kappa shape index (κ2) is 9.04. The minimum atomic E-state index is 0.169. The van der Waals surface area contributed by atoms with Crippen LogP contribution in [-0.2, 0) is 11.8 Å². The quantitative estimate of drug-likeness (QED) is 0.159. The van der Waals surface area contributed by atoms with Crippen molar-refractivity contribution in [1.82, 2.24) is 0 Å². The van der Waals surface area contributed by atoms with Crippen molar-refractivity contribution in [3.63, 3.8) is 0 Å². The van der Waals surface area contributed by atoms with Crippen molar-refractivity contribution < 1.29 is 0 Å². The van der Waals surface area contributed by atoms with Gasteiger partial charge in [0.2, 0.25) is 0 Å². The van der Waals surface area contributed by atoms with Crippen LogP contribution in [-0.4, -0.2) is 6.71 Å². The first kappa shape index (κ1) is 26.0. The van der Waals surface area contributed by atoms with Gasteiger partial charge < -0.3 is 9.80 Å². The lowest BCUT2D eigenvalue weighted by Gasteiger charge is -2.45. The average Bonchev–Trinajstić information content (AvgIpc) is 3.22. The summed E-state index contributed by atoms with van der Waals surface area (Å²) >= 11 is 0. The fourth-order valence-electron chi connectivity index (χ4n) is 8.67. The Labute approximate surface area is 261 Å². The van der Waals surface area contributed by atoms with Gasteiger partial charge in [0.1, 0.15) is 0 Å². The van der Waals surface area contributed by atoms with Crippen molar-refractivity contribution >= 4 is 51.5 Å². The van der Waals surface area contributed by atoms with Crippen LogP contribution < -0.4 is 26.2 Å². The molecule has 1 fully saturated rings. The molecule has 2 atom stereocenters. The third-order valence-corrected chi connectivity index (χ3v) is 11.6. The van der Waals surface area contributed by atoms with E-state index >= 15 is 0 Å². The summed E-state index contributed by atoms with van der Waals surface area (Å²) in [6.45, 7) is 9.59. The molecule has 0 amide bonds. The van der Waals surface area contributed by atoms with Crippen LogP contribution in [0.4, 0.5) is 28.4 Å². The Balaban J connectivity index is 1.26. The smallest absolute Gasteiger partial charge is 0.252 e. The Bertz CT molecular complexity index is 2040. The zero-order valence-corrected chi connectivity index (χ0v) is 26.1. The number of rotatable bonds is 4. The minimum absolute atomic E-state index is 0.169. The second-order valence-corrected chi connectivity index (χ2v) is 13.9. The molecule has 1 saturated carbocycles. The molecular formula is C41H37BN2. The van der Waals surface area contributed by atoms with E-state index < -0.39 is 0 Å². The van der Waals surface area contributed by atoms with Crippen molar-refractivity contribution in [2.75, 3.05) is 9.80 Å². The summed E-state index contributed by atoms with van der Waals surface area (Å²) in [6.07, 6.45) is 11.5. The SMILES string of the molecule is CCC1(C)CC2=C=CC(N3c4ccccc4B4c5ccccc5N(c5ccc6c(c5)CC6(C)CC)c5cccc3c54)=CC=C21. The van der Waals surface area contributed by atoms with Gasteiger partial charge in [0.25, 0.3) is 6.71 Å². The van der Waals surface area contributed by atoms with Gasteiger partial charge in [-0.05, 0) is 118 Å². The Morgan fingerprint density at radius 2 is 1.36 bits per heavy atom. The van der Waals surface area contributed by atoms with Crippen molar-refractivity contribution in [1.29, 1.82) is 0 Å². The molecule has 5 aliphatic rings. The Morgan fingerprint density at radius 1 is 0.705 bits per heavy atom. The van der Waals surface area contributed by atoms with Gasteiger partial charge in [-0.25, -0.2) is 0 Å². The van der Waals surface area contributed by atoms with E-state index in [4.69, 9.17) is 0 Å². The summed E-state index contributed by atoms with van der Waals surface area (Å²) in [5, 5.41) is 0. The second-order valence-electron chi connectivity index (χ2n) is 13.9. The number of anilines is 5. The molecule has 2 nitrogen and oxygen atoms in total. The van der Waals surface area contributed by atoms with Crippen molar-refractivity contribution in [3.05, 3.63) is 137 Å². The maximum Gasteiger partial charge on any atom is 0.252 e. The molecule has 0 radical (unpaired) electrons. The van der Waals surface area contributed by atoms with Crippen LogP contribution in [0, 0.1) is 5.41 Å². The zero-order chi connectivity index (χ0) is 29.8. The highest BCUT2D eigenvalue weighted by Crippen LogP contribution is 2.53. The normalized spacial score (nSPS) is 23.5. The van der Waals surface area contributed by atoms with E-state index in [0.717, 1.165) is 19.3 Å². The molecule has 4 aromatic carbocycles. The van der Waals surface area contributed by atoms with Gasteiger partial charge >= 0.3 is 0 Å². The first-order valence-electron chi connectivity index (χ1n) is 16.4. The number of benzene rings is 4. The predicted octanol–water partition coefficient (Wildman–Crippen LogP) is 8.39. The van der Waals surface area contributed by atoms with E-state index in [2.05, 4.69) is 146 Å². The van der Waals surface area contributed by atoms with Gasteiger partial charge in [-0.1, -0.05) is 82.3 Å². The van der Waals surface area contributed by atoms with Gasteiger partial charge in [0.15, 0.2) is 0 Å². The van der Waals surface area contributed by atoms with Gasteiger partial charge in [0, 0.05) is 34.5 Å². The molecule has 2 heterocycles. The highest BCUT2D eigenvalue weighted by atomic mass is 15.2. The van der Waals surface area contributed by atoms with Crippen LogP contribution in [0.1, 0.15) is 58.1 Å². The Kier molecular flexibility index (Phi) is 5.34. The van der Waals surface area contributed by atoms with E-state index in [9.17, 15) is 0 Å². The largest absolute Gasteiger partial charge is 0.311 e. The fraction of sp³-hybridized carbons (Fsp3) is 0.244. The average molecular weight is 569 g/mol. The summed E-state index contributed by atoms with van der Waals surface area (Å²) in [5.74, 6) is 0. The molecular weight excluding hydrogens is 531 g/mol. The third kappa shape index (κ3) is 3.34. The van der Waals surface area contributed by atoms with E-state index in [1.165, 1.54) is 79.2 Å². The molecule has 0 saturated heterocycles. The van der Waals surface area contributed by atoms with Crippen LogP contribution in [0.5, 0.6) is 0 Å². The lowest BCUT2D eigenvalue weighted by atomic mass is 9.33. The number of hydrogen-bond acceptors (Lipinski definition) is 2. The van der Waals surface area contributed by atoms with E-state index in [1.54, 1.807) is 0 Å². The standard InChI is InChI=1S/C41H37BN2/c1-5-40(3)25-27-18-19-29(20-22-31(27)40)43-35-14-9-7-12-33(35)42-34-13-8-10-15-36(34)44(38-17-11-16-37(43)39(38)42)30-21-23-32-28(24-30)26-41(32,4)6-2/h7-17,19-24H,5-6,25-26H2,1-4H3. The topological polar surface area (TPSA) is 6.48 Å². The van der Waals surface area contributed by atoms with Gasteiger partial charge in [0.05, 0.1) is 5.70 Å². The molecule has 0 N–H and O–H groups in total. The third-order valence-electron chi connectivity index (χ3n) is 11.6. The lowest BCUT2D eigenvalue weighted by molar-refractivity contribution is 0.325. The number of hydrogen-bond donors (Lipinski definition) is 0. The Morgan fingerprint density at radius 3 is 2.07 bits per heavy atom. The maximum atomic E-state index is 3.72. The van der Waals surface area contributed by atoms with Gasteiger partial charge in [-0.15, -0.1) is 5.73 Å². The molecule has 214 valence electrons. The van der Waals surface area contributed by atoms with Crippen molar-refractivity contribution in [2.24, 2.45) is 5.41 Å². The van der Waals surface area contributed by atoms with Crippen LogP contribution in [0.3, 0.4) is 0 Å². The first-order chi connectivity index (χ1) is 21.4. The van der Waals surface area contributed by atoms with E-state index in [0.29, 0.717) is 5.41 Å². The summed E-state index contributed by atoms with van der Waals surface area (Å²) in [6, 6.07) is 32.2. The lowest BCUT2D eigenvalue weighted by Crippen LogP contribution is -2.61. The van der Waals surface area contributed by atoms with Gasteiger partial charge in [-0.3, -0.25) is 0 Å². The molecule has 0 bridgehead atoms. The molecule has 9 rings (SSSR count). The van der Waals surface area contributed by atoms with Gasteiger partial charge in [-0.2, -0.15) is 0 Å². The number of para-hydroxylation sites is 2. The van der Waals surface area contributed by atoms with E-state index in [1.807, 2.05) is 0 Å². The van der Waals surface area contributed by atoms with Crippen molar-refractivity contribution in [2.45, 2.75) is 58.8 Å². The molecule has 0 aromatic heterocycles. The summed E-state index contributed by atoms with van der Waals surface area (Å²) < 4.78 is 0. The van der Waals surface area contributed by atoms with E-state index in [-0.39, 0.29) is 12.1 Å². The Hall–Kier alpha value is -4.46. The van der Waals surface area contributed by atoms with Crippen LogP contribution in [0.25, 0.3) is 0 Å². The molecule has 3 heteroatoms. The minimum Gasteiger partial charge on any atom is -0.311 e. The first-order valence-corrected chi connectivity index (χ1v) is 16.4. The number of nitrogens with zero attached hydrogens (tertiary/aromatic N) is 2. The molecule has 4 aromatic rings. The summed E-state index contributed by atoms with van der Waals surface area (Å²) in [7, 11) is 0. The molecule has 0 spiro atoms. The molecule has 3 aliphatic carbocycles. The molecule has 44 heavy (non-hydrogen) atoms. The number of fused-ring (bicyclic) bond motifs is 6. The highest BCUT2D eigenvalue weighted by Gasteiger charge is 2.44. The molecule has 2 aliphatic heterocycles. The predicted molar refractivity (Wildman–Crippen MR) is 186 cm³/mol. The molecule has 2 unspecified atom stereocenters. The highest BCUT2D eigenvalue weighted by molar-refractivity contribution is 7.00. The van der Waals surface area contributed by atoms with Crippen LogP contribution in [0.15, 0.2) is 126 Å². The maximum absolute atomic E-state index is 3.72. The zero-order valence-electron chi connectivity index (χ0n) is 26.1. The van der Waals surface area contributed by atoms with Crippen molar-refractivity contribution in [3.8, 4) is 0 Å². The van der Waals surface area contributed by atoms with Crippen LogP contribution >= 0.6 is 0 Å². The number of allylic oxidation sites excluding steroid dienone is 4.